The zero-order valence-corrected chi connectivity index (χ0v) is 11.9. The molecule has 1 aromatic carbocycles. The first-order valence-electron chi connectivity index (χ1n) is 7.40. The average Bonchev–Trinajstić information content (AvgIpc) is 2.55. The third kappa shape index (κ3) is 3.48. The first-order chi connectivity index (χ1) is 10.3. The molecule has 21 heavy (non-hydrogen) atoms. The Morgan fingerprint density at radius 3 is 2.33 bits per heavy atom. The standard InChI is InChI=1S/C18H18N2O/c21-18(12-5-2-6-13-18)14-11-16-9-10-17(20-19-16)15-7-3-1-4-8-15/h1,3-4,7-10,21H,2,5-6,12-13H2. The fraction of sp³-hybridized carbons (Fsp3) is 0.333. The predicted molar refractivity (Wildman–Crippen MR) is 82.4 cm³/mol. The summed E-state index contributed by atoms with van der Waals surface area (Å²) in [6, 6.07) is 13.7. The molecule has 1 aliphatic carbocycles. The van der Waals surface area contributed by atoms with E-state index in [0.717, 1.165) is 36.9 Å². The molecule has 0 atom stereocenters. The van der Waals surface area contributed by atoms with E-state index in [2.05, 4.69) is 22.0 Å². The summed E-state index contributed by atoms with van der Waals surface area (Å²) in [6.07, 6.45) is 4.80. The fourth-order valence-electron chi connectivity index (χ4n) is 2.60. The van der Waals surface area contributed by atoms with Gasteiger partial charge in [-0.2, -0.15) is 0 Å². The van der Waals surface area contributed by atoms with E-state index in [1.54, 1.807) is 0 Å². The van der Waals surface area contributed by atoms with Crippen molar-refractivity contribution < 1.29 is 5.11 Å². The average molecular weight is 278 g/mol. The number of hydrogen-bond acceptors (Lipinski definition) is 3. The summed E-state index contributed by atoms with van der Waals surface area (Å²) >= 11 is 0. The van der Waals surface area contributed by atoms with Gasteiger partial charge in [0.15, 0.2) is 0 Å². The molecule has 1 aromatic heterocycles. The quantitative estimate of drug-likeness (QED) is 0.815. The summed E-state index contributed by atoms with van der Waals surface area (Å²) in [6.45, 7) is 0. The maximum atomic E-state index is 10.3. The molecule has 2 aromatic rings. The van der Waals surface area contributed by atoms with Crippen LogP contribution in [0.15, 0.2) is 42.5 Å². The highest BCUT2D eigenvalue weighted by atomic mass is 16.3. The topological polar surface area (TPSA) is 46.0 Å². The third-order valence-electron chi connectivity index (χ3n) is 3.84. The number of benzene rings is 1. The van der Waals surface area contributed by atoms with Gasteiger partial charge in [-0.3, -0.25) is 0 Å². The second-order valence-electron chi connectivity index (χ2n) is 5.51. The molecule has 106 valence electrons. The summed E-state index contributed by atoms with van der Waals surface area (Å²) in [7, 11) is 0. The van der Waals surface area contributed by atoms with Gasteiger partial charge in [-0.15, -0.1) is 10.2 Å². The van der Waals surface area contributed by atoms with Crippen LogP contribution in [0.4, 0.5) is 0 Å². The zero-order chi connectivity index (χ0) is 14.5. The predicted octanol–water partition coefficient (Wildman–Crippen LogP) is 3.19. The Balaban J connectivity index is 1.76. The lowest BCUT2D eigenvalue weighted by Gasteiger charge is -2.26. The van der Waals surface area contributed by atoms with Crippen molar-refractivity contribution in [1.82, 2.24) is 10.2 Å². The van der Waals surface area contributed by atoms with Crippen LogP contribution in [-0.4, -0.2) is 20.9 Å². The van der Waals surface area contributed by atoms with E-state index in [-0.39, 0.29) is 0 Å². The number of hydrogen-bond donors (Lipinski definition) is 1. The molecule has 1 heterocycles. The van der Waals surface area contributed by atoms with Gasteiger partial charge in [0.05, 0.1) is 5.69 Å². The number of nitrogens with zero attached hydrogens (tertiary/aromatic N) is 2. The maximum Gasteiger partial charge on any atom is 0.136 e. The summed E-state index contributed by atoms with van der Waals surface area (Å²) in [5.74, 6) is 5.94. The van der Waals surface area contributed by atoms with Crippen LogP contribution in [0.25, 0.3) is 11.3 Å². The Morgan fingerprint density at radius 1 is 0.905 bits per heavy atom. The lowest BCUT2D eigenvalue weighted by atomic mass is 9.85. The van der Waals surface area contributed by atoms with E-state index >= 15 is 0 Å². The van der Waals surface area contributed by atoms with Gasteiger partial charge in [0.25, 0.3) is 0 Å². The summed E-state index contributed by atoms with van der Waals surface area (Å²) < 4.78 is 0. The van der Waals surface area contributed by atoms with Crippen molar-refractivity contribution in [2.45, 2.75) is 37.7 Å². The van der Waals surface area contributed by atoms with Crippen LogP contribution >= 0.6 is 0 Å². The van der Waals surface area contributed by atoms with Crippen molar-refractivity contribution in [3.63, 3.8) is 0 Å². The molecule has 1 N–H and O–H groups in total. The van der Waals surface area contributed by atoms with Gasteiger partial charge in [0.1, 0.15) is 11.3 Å². The van der Waals surface area contributed by atoms with Crippen molar-refractivity contribution in [3.8, 4) is 23.1 Å². The van der Waals surface area contributed by atoms with Gasteiger partial charge >= 0.3 is 0 Å². The first-order valence-corrected chi connectivity index (χ1v) is 7.40. The highest BCUT2D eigenvalue weighted by molar-refractivity contribution is 5.58. The van der Waals surface area contributed by atoms with Crippen LogP contribution in [0.1, 0.15) is 37.8 Å². The van der Waals surface area contributed by atoms with Gasteiger partial charge in [-0.25, -0.2) is 0 Å². The van der Waals surface area contributed by atoms with Gasteiger partial charge < -0.3 is 5.11 Å². The monoisotopic (exact) mass is 278 g/mol. The van der Waals surface area contributed by atoms with Crippen molar-refractivity contribution in [2.75, 3.05) is 0 Å². The molecule has 0 aliphatic heterocycles. The molecule has 3 heteroatoms. The summed E-state index contributed by atoms with van der Waals surface area (Å²) in [5, 5.41) is 18.7. The molecule has 3 rings (SSSR count). The van der Waals surface area contributed by atoms with E-state index in [9.17, 15) is 5.11 Å². The van der Waals surface area contributed by atoms with E-state index in [0.29, 0.717) is 5.69 Å². The van der Waals surface area contributed by atoms with Gasteiger partial charge in [0.2, 0.25) is 0 Å². The summed E-state index contributed by atoms with van der Waals surface area (Å²) in [4.78, 5) is 0. The van der Waals surface area contributed by atoms with E-state index < -0.39 is 5.60 Å². The Morgan fingerprint density at radius 2 is 1.67 bits per heavy atom. The smallest absolute Gasteiger partial charge is 0.136 e. The molecule has 0 amide bonds. The minimum atomic E-state index is -0.835. The van der Waals surface area contributed by atoms with Crippen LogP contribution in [0.2, 0.25) is 0 Å². The third-order valence-corrected chi connectivity index (χ3v) is 3.84. The lowest BCUT2D eigenvalue weighted by Crippen LogP contribution is -2.29. The van der Waals surface area contributed by atoms with E-state index in [1.165, 1.54) is 6.42 Å². The molecule has 1 saturated carbocycles. The van der Waals surface area contributed by atoms with Crippen molar-refractivity contribution in [3.05, 3.63) is 48.2 Å². The Bertz CT molecular complexity index is 647. The largest absolute Gasteiger partial charge is 0.378 e. The number of rotatable bonds is 1. The van der Waals surface area contributed by atoms with E-state index in [4.69, 9.17) is 0 Å². The molecule has 0 unspecified atom stereocenters. The lowest BCUT2D eigenvalue weighted by molar-refractivity contribution is 0.0610. The molecular weight excluding hydrogens is 260 g/mol. The normalized spacial score (nSPS) is 16.8. The molecule has 0 radical (unpaired) electrons. The number of aromatic nitrogens is 2. The molecular formula is C18H18N2O. The SMILES string of the molecule is OC1(C#Cc2ccc(-c3ccccc3)nn2)CCCCC1. The zero-order valence-electron chi connectivity index (χ0n) is 11.9. The Hall–Kier alpha value is -2.18. The van der Waals surface area contributed by atoms with Gasteiger partial charge in [0, 0.05) is 5.56 Å². The Labute approximate surface area is 125 Å². The van der Waals surface area contributed by atoms with Gasteiger partial charge in [-0.1, -0.05) is 42.7 Å². The van der Waals surface area contributed by atoms with Gasteiger partial charge in [-0.05, 0) is 43.7 Å². The van der Waals surface area contributed by atoms with Crippen molar-refractivity contribution in [1.29, 1.82) is 0 Å². The minimum absolute atomic E-state index is 0.605. The number of aliphatic hydroxyl groups is 1. The molecule has 0 saturated heterocycles. The van der Waals surface area contributed by atoms with E-state index in [1.807, 2.05) is 42.5 Å². The Kier molecular flexibility index (Phi) is 3.98. The van der Waals surface area contributed by atoms with Crippen molar-refractivity contribution >= 4 is 0 Å². The highest BCUT2D eigenvalue weighted by Gasteiger charge is 2.26. The highest BCUT2D eigenvalue weighted by Crippen LogP contribution is 2.27. The molecule has 0 bridgehead atoms. The molecule has 0 spiro atoms. The molecule has 1 fully saturated rings. The molecule has 3 nitrogen and oxygen atoms in total. The van der Waals surface area contributed by atoms with Crippen molar-refractivity contribution in [2.24, 2.45) is 0 Å². The maximum absolute atomic E-state index is 10.3. The summed E-state index contributed by atoms with van der Waals surface area (Å²) in [5.41, 5.74) is 1.64. The minimum Gasteiger partial charge on any atom is -0.378 e. The first kappa shape index (κ1) is 13.8. The van der Waals surface area contributed by atoms with Crippen LogP contribution < -0.4 is 0 Å². The van der Waals surface area contributed by atoms with Crippen LogP contribution in [0.3, 0.4) is 0 Å². The second kappa shape index (κ2) is 6.07. The van der Waals surface area contributed by atoms with Crippen LogP contribution in [0.5, 0.6) is 0 Å². The van der Waals surface area contributed by atoms with Crippen LogP contribution in [-0.2, 0) is 0 Å². The second-order valence-corrected chi connectivity index (χ2v) is 5.51. The fourth-order valence-corrected chi connectivity index (χ4v) is 2.60. The molecule has 1 aliphatic rings. The van der Waals surface area contributed by atoms with Crippen LogP contribution in [0, 0.1) is 11.8 Å².